The van der Waals surface area contributed by atoms with Gasteiger partial charge in [0.1, 0.15) is 22.7 Å². The molecule has 0 aliphatic carbocycles. The zero-order chi connectivity index (χ0) is 22.9. The minimum absolute atomic E-state index is 0.216. The molecule has 8 nitrogen and oxygen atoms in total. The van der Waals surface area contributed by atoms with E-state index in [1.165, 1.54) is 7.11 Å². The highest BCUT2D eigenvalue weighted by atomic mass is 16.5. The number of hydrogen-bond acceptors (Lipinski definition) is 6. The summed E-state index contributed by atoms with van der Waals surface area (Å²) in [5.74, 6) is 1.38. The van der Waals surface area contributed by atoms with Crippen LogP contribution in [0.25, 0.3) is 33.1 Å². The first kappa shape index (κ1) is 20.4. The molecular weight excluding hydrogens is 420 g/mol. The fourth-order valence-corrected chi connectivity index (χ4v) is 3.95. The third kappa shape index (κ3) is 3.71. The van der Waals surface area contributed by atoms with E-state index in [4.69, 9.17) is 9.47 Å². The van der Waals surface area contributed by atoms with Gasteiger partial charge in [0.25, 0.3) is 11.1 Å². The third-order valence-corrected chi connectivity index (χ3v) is 5.55. The van der Waals surface area contributed by atoms with Gasteiger partial charge >= 0.3 is 0 Å². The van der Waals surface area contributed by atoms with Crippen molar-refractivity contribution in [2.24, 2.45) is 0 Å². The molecule has 0 unspecified atom stereocenters. The van der Waals surface area contributed by atoms with E-state index >= 15 is 0 Å². The highest BCUT2D eigenvalue weighted by Gasteiger charge is 2.14. The van der Waals surface area contributed by atoms with Crippen molar-refractivity contribution in [1.82, 2.24) is 20.2 Å². The van der Waals surface area contributed by atoms with Gasteiger partial charge < -0.3 is 14.5 Å². The lowest BCUT2D eigenvalue weighted by atomic mass is 10.0. The summed E-state index contributed by atoms with van der Waals surface area (Å²) in [6, 6.07) is 18.4. The molecule has 0 spiro atoms. The van der Waals surface area contributed by atoms with Gasteiger partial charge in [0.05, 0.1) is 30.8 Å². The van der Waals surface area contributed by atoms with E-state index in [0.717, 1.165) is 22.2 Å². The van der Waals surface area contributed by atoms with Crippen molar-refractivity contribution >= 4 is 21.7 Å². The van der Waals surface area contributed by atoms with Crippen LogP contribution in [0.3, 0.4) is 0 Å². The topological polar surface area (TPSA) is 110 Å². The summed E-state index contributed by atoms with van der Waals surface area (Å²) in [6.07, 6.45) is 0.505. The number of hydrogen-bond donors (Lipinski definition) is 2. The molecule has 2 N–H and O–H groups in total. The summed E-state index contributed by atoms with van der Waals surface area (Å²) in [5, 5.41) is 8.60. The molecule has 0 aliphatic heterocycles. The summed E-state index contributed by atoms with van der Waals surface area (Å²) in [4.78, 5) is 32.4. The van der Waals surface area contributed by atoms with E-state index in [1.54, 1.807) is 25.3 Å². The second-order valence-electron chi connectivity index (χ2n) is 7.56. The smallest absolute Gasteiger partial charge is 0.272 e. The molecule has 0 amide bonds. The van der Waals surface area contributed by atoms with Crippen LogP contribution in [0.5, 0.6) is 11.5 Å². The maximum atomic E-state index is 12.8. The first-order valence-electron chi connectivity index (χ1n) is 10.3. The van der Waals surface area contributed by atoms with Crippen molar-refractivity contribution in [1.29, 1.82) is 0 Å². The van der Waals surface area contributed by atoms with E-state index in [0.29, 0.717) is 40.0 Å². The van der Waals surface area contributed by atoms with Gasteiger partial charge in [-0.3, -0.25) is 9.59 Å². The first-order valence-corrected chi connectivity index (χ1v) is 10.3. The van der Waals surface area contributed by atoms with Crippen molar-refractivity contribution in [3.8, 4) is 22.9 Å². The Kier molecular flexibility index (Phi) is 5.10. The van der Waals surface area contributed by atoms with E-state index in [-0.39, 0.29) is 11.1 Å². The average Bonchev–Trinajstić information content (AvgIpc) is 2.85. The molecule has 2 aromatic heterocycles. The Morgan fingerprint density at radius 3 is 2.48 bits per heavy atom. The van der Waals surface area contributed by atoms with E-state index in [9.17, 15) is 9.59 Å². The molecule has 0 radical (unpaired) electrons. The van der Waals surface area contributed by atoms with Crippen molar-refractivity contribution < 1.29 is 9.47 Å². The second-order valence-corrected chi connectivity index (χ2v) is 7.56. The van der Waals surface area contributed by atoms with Crippen LogP contribution < -0.4 is 20.6 Å². The number of aromatic amines is 2. The SMILES string of the molecule is COc1cc(OC)c2c(=O)[nH]c(-c3cccc(Cc4n[nH]c(=O)c5ccccc45)c3)nc2c1. The lowest BCUT2D eigenvalue weighted by Crippen LogP contribution is -2.12. The zero-order valence-electron chi connectivity index (χ0n) is 18.0. The van der Waals surface area contributed by atoms with Crippen LogP contribution in [0.1, 0.15) is 11.3 Å². The Labute approximate surface area is 187 Å². The molecule has 2 heterocycles. The predicted octanol–water partition coefficient (Wildman–Crippen LogP) is 3.43. The maximum absolute atomic E-state index is 12.8. The minimum atomic E-state index is -0.298. The highest BCUT2D eigenvalue weighted by Crippen LogP contribution is 2.29. The summed E-state index contributed by atoms with van der Waals surface area (Å²) < 4.78 is 10.7. The first-order chi connectivity index (χ1) is 16.1. The fraction of sp³-hybridized carbons (Fsp3) is 0.120. The van der Waals surface area contributed by atoms with Gasteiger partial charge in [0.15, 0.2) is 0 Å². The van der Waals surface area contributed by atoms with Gasteiger partial charge in [-0.1, -0.05) is 36.4 Å². The number of rotatable bonds is 5. The summed E-state index contributed by atoms with van der Waals surface area (Å²) in [7, 11) is 3.05. The largest absolute Gasteiger partial charge is 0.497 e. The second kappa shape index (κ2) is 8.23. The van der Waals surface area contributed by atoms with Crippen LogP contribution >= 0.6 is 0 Å². The Bertz CT molecular complexity index is 1620. The molecule has 5 aromatic rings. The highest BCUT2D eigenvalue weighted by molar-refractivity contribution is 5.87. The normalized spacial score (nSPS) is 11.1. The molecule has 0 atom stereocenters. The molecule has 164 valence electrons. The standard InChI is InChI=1S/C25H20N4O4/c1-32-16-12-20-22(21(13-16)33-2)25(31)27-23(26-20)15-7-5-6-14(10-15)11-19-17-8-3-4-9-18(17)24(30)29-28-19/h3-10,12-13H,11H2,1-2H3,(H,29,30)(H,26,27,31). The van der Waals surface area contributed by atoms with Crippen molar-refractivity contribution in [3.05, 3.63) is 92.6 Å². The van der Waals surface area contributed by atoms with Crippen LogP contribution in [-0.2, 0) is 6.42 Å². The van der Waals surface area contributed by atoms with Gasteiger partial charge in [-0.15, -0.1) is 0 Å². The monoisotopic (exact) mass is 440 g/mol. The number of methoxy groups -OCH3 is 2. The Hall–Kier alpha value is -4.46. The van der Waals surface area contributed by atoms with Crippen molar-refractivity contribution in [2.45, 2.75) is 6.42 Å². The molecule has 3 aromatic carbocycles. The maximum Gasteiger partial charge on any atom is 0.272 e. The minimum Gasteiger partial charge on any atom is -0.497 e. The average molecular weight is 440 g/mol. The molecule has 0 saturated heterocycles. The number of fused-ring (bicyclic) bond motifs is 2. The molecule has 0 bridgehead atoms. The number of aromatic nitrogens is 4. The van der Waals surface area contributed by atoms with Gasteiger partial charge in [-0.25, -0.2) is 10.1 Å². The molecule has 0 fully saturated rings. The quantitative estimate of drug-likeness (QED) is 0.433. The van der Waals surface area contributed by atoms with E-state index in [1.807, 2.05) is 42.5 Å². The summed E-state index contributed by atoms with van der Waals surface area (Å²) >= 11 is 0. The summed E-state index contributed by atoms with van der Waals surface area (Å²) in [5.41, 5.74) is 2.44. The van der Waals surface area contributed by atoms with E-state index < -0.39 is 0 Å². The van der Waals surface area contributed by atoms with Crippen LogP contribution in [0, 0.1) is 0 Å². The summed E-state index contributed by atoms with van der Waals surface area (Å²) in [6.45, 7) is 0. The van der Waals surface area contributed by atoms with Crippen LogP contribution in [0.15, 0.2) is 70.3 Å². The molecular formula is C25H20N4O4. The molecule has 8 heteroatoms. The number of nitrogens with one attached hydrogen (secondary N) is 2. The van der Waals surface area contributed by atoms with Gasteiger partial charge in [-0.05, 0) is 17.7 Å². The number of ether oxygens (including phenoxy) is 2. The molecule has 33 heavy (non-hydrogen) atoms. The van der Waals surface area contributed by atoms with Crippen LogP contribution in [-0.4, -0.2) is 34.4 Å². The number of H-pyrrole nitrogens is 2. The molecule has 0 saturated carbocycles. The fourth-order valence-electron chi connectivity index (χ4n) is 3.95. The Balaban J connectivity index is 1.58. The Morgan fingerprint density at radius 1 is 0.879 bits per heavy atom. The molecule has 0 aliphatic rings. The zero-order valence-corrected chi connectivity index (χ0v) is 18.0. The molecule has 5 rings (SSSR count). The number of nitrogens with zero attached hydrogens (tertiary/aromatic N) is 2. The van der Waals surface area contributed by atoms with Crippen molar-refractivity contribution in [3.63, 3.8) is 0 Å². The Morgan fingerprint density at radius 2 is 1.70 bits per heavy atom. The van der Waals surface area contributed by atoms with Crippen molar-refractivity contribution in [2.75, 3.05) is 14.2 Å². The van der Waals surface area contributed by atoms with Gasteiger partial charge in [-0.2, -0.15) is 5.10 Å². The van der Waals surface area contributed by atoms with E-state index in [2.05, 4.69) is 20.2 Å². The van der Waals surface area contributed by atoms with Crippen LogP contribution in [0.2, 0.25) is 0 Å². The lowest BCUT2D eigenvalue weighted by Gasteiger charge is -2.10. The lowest BCUT2D eigenvalue weighted by molar-refractivity contribution is 0.397. The number of benzene rings is 3. The predicted molar refractivity (Wildman–Crippen MR) is 126 cm³/mol. The van der Waals surface area contributed by atoms with Crippen LogP contribution in [0.4, 0.5) is 0 Å². The van der Waals surface area contributed by atoms with Gasteiger partial charge in [0.2, 0.25) is 0 Å². The third-order valence-electron chi connectivity index (χ3n) is 5.55. The van der Waals surface area contributed by atoms with Gasteiger partial charge in [0, 0.05) is 29.5 Å².